The van der Waals surface area contributed by atoms with Crippen LogP contribution in [0.1, 0.15) is 5.56 Å². The molecule has 0 fully saturated rings. The molecule has 17 heavy (non-hydrogen) atoms. The van der Waals surface area contributed by atoms with Gasteiger partial charge in [0.15, 0.2) is 0 Å². The molecule has 0 aliphatic carbocycles. The lowest BCUT2D eigenvalue weighted by atomic mass is 10.1. The molecule has 0 bridgehead atoms. The average molecular weight is 228 g/mol. The fourth-order valence-electron chi connectivity index (χ4n) is 1.47. The summed E-state index contributed by atoms with van der Waals surface area (Å²) in [5.74, 6) is -0.0323. The molecular weight excluding hydrogens is 216 g/mol. The highest BCUT2D eigenvalue weighted by molar-refractivity contribution is 5.92. The van der Waals surface area contributed by atoms with E-state index in [1.807, 2.05) is 0 Å². The van der Waals surface area contributed by atoms with Crippen LogP contribution < -0.4 is 5.32 Å². The van der Waals surface area contributed by atoms with Gasteiger partial charge in [0.05, 0.1) is 6.42 Å². The Balaban J connectivity index is 2.01. The minimum absolute atomic E-state index is 0.136. The third kappa shape index (κ3) is 3.04. The van der Waals surface area contributed by atoms with Crippen LogP contribution in [0.2, 0.25) is 0 Å². The van der Waals surface area contributed by atoms with Gasteiger partial charge in [-0.15, -0.1) is 0 Å². The number of phenolic OH excluding ortho intramolecular Hbond substituents is 1. The first-order valence-electron chi connectivity index (χ1n) is 5.22. The summed E-state index contributed by atoms with van der Waals surface area (Å²) in [4.78, 5) is 15.6. The first-order valence-corrected chi connectivity index (χ1v) is 5.22. The maximum Gasteiger partial charge on any atom is 0.228 e. The number of aromatic hydroxyl groups is 1. The maximum atomic E-state index is 11.7. The number of benzene rings is 1. The summed E-state index contributed by atoms with van der Waals surface area (Å²) < 4.78 is 0. The van der Waals surface area contributed by atoms with Gasteiger partial charge in [0, 0.05) is 23.6 Å². The fourth-order valence-corrected chi connectivity index (χ4v) is 1.47. The van der Waals surface area contributed by atoms with Crippen molar-refractivity contribution < 1.29 is 9.90 Å². The number of aromatic nitrogens is 1. The van der Waals surface area contributed by atoms with E-state index < -0.39 is 0 Å². The quantitative estimate of drug-likeness (QED) is 0.844. The van der Waals surface area contributed by atoms with Crippen molar-refractivity contribution in [3.8, 4) is 5.75 Å². The predicted octanol–water partition coefficient (Wildman–Crippen LogP) is 1.97. The zero-order valence-electron chi connectivity index (χ0n) is 9.13. The molecule has 0 saturated heterocycles. The predicted molar refractivity (Wildman–Crippen MR) is 64.7 cm³/mol. The number of nitrogens with one attached hydrogen (secondary N) is 1. The summed E-state index contributed by atoms with van der Waals surface area (Å²) in [6, 6.07) is 10.2. The highest BCUT2D eigenvalue weighted by atomic mass is 16.3. The van der Waals surface area contributed by atoms with Crippen molar-refractivity contribution in [2.45, 2.75) is 6.42 Å². The lowest BCUT2D eigenvalue weighted by Crippen LogP contribution is -2.14. The zero-order valence-corrected chi connectivity index (χ0v) is 9.13. The molecule has 0 radical (unpaired) electrons. The Morgan fingerprint density at radius 2 is 1.88 bits per heavy atom. The van der Waals surface area contributed by atoms with Crippen molar-refractivity contribution in [1.82, 2.24) is 4.98 Å². The number of anilines is 1. The van der Waals surface area contributed by atoms with Gasteiger partial charge in [0.25, 0.3) is 0 Å². The Kier molecular flexibility index (Phi) is 3.35. The minimum atomic E-state index is -0.169. The monoisotopic (exact) mass is 228 g/mol. The van der Waals surface area contributed by atoms with Crippen LogP contribution in [-0.2, 0) is 11.2 Å². The van der Waals surface area contributed by atoms with Crippen LogP contribution in [0.25, 0.3) is 0 Å². The first kappa shape index (κ1) is 11.1. The van der Waals surface area contributed by atoms with Crippen molar-refractivity contribution in [2.75, 3.05) is 5.32 Å². The summed E-state index contributed by atoms with van der Waals surface area (Å²) in [6.45, 7) is 0. The van der Waals surface area contributed by atoms with E-state index in [9.17, 15) is 9.90 Å². The number of carbonyl (C=O) groups is 1. The maximum absolute atomic E-state index is 11.7. The number of para-hydroxylation sites is 1. The molecule has 1 heterocycles. The molecule has 0 saturated carbocycles. The van der Waals surface area contributed by atoms with Gasteiger partial charge >= 0.3 is 0 Å². The number of pyridine rings is 1. The number of amides is 1. The van der Waals surface area contributed by atoms with Crippen LogP contribution in [0, 0.1) is 0 Å². The van der Waals surface area contributed by atoms with Crippen molar-refractivity contribution >= 4 is 11.6 Å². The number of carbonyl (C=O) groups excluding carboxylic acids is 1. The third-order valence-corrected chi connectivity index (χ3v) is 2.31. The van der Waals surface area contributed by atoms with E-state index in [-0.39, 0.29) is 18.1 Å². The van der Waals surface area contributed by atoms with Gasteiger partial charge in [-0.2, -0.15) is 0 Å². The number of phenols is 1. The second-order valence-corrected chi connectivity index (χ2v) is 3.59. The average Bonchev–Trinajstić information content (AvgIpc) is 2.33. The van der Waals surface area contributed by atoms with E-state index in [1.165, 1.54) is 0 Å². The lowest BCUT2D eigenvalue weighted by molar-refractivity contribution is -0.115. The van der Waals surface area contributed by atoms with Gasteiger partial charge in [-0.1, -0.05) is 18.2 Å². The molecule has 4 nitrogen and oxygen atoms in total. The van der Waals surface area contributed by atoms with E-state index in [4.69, 9.17) is 0 Å². The third-order valence-electron chi connectivity index (χ3n) is 2.31. The molecule has 2 rings (SSSR count). The molecule has 1 aromatic carbocycles. The summed E-state index contributed by atoms with van der Waals surface area (Å²) in [5, 5.41) is 12.3. The lowest BCUT2D eigenvalue weighted by Gasteiger charge is -2.06. The summed E-state index contributed by atoms with van der Waals surface area (Å²) in [7, 11) is 0. The van der Waals surface area contributed by atoms with E-state index >= 15 is 0 Å². The van der Waals surface area contributed by atoms with Gasteiger partial charge in [-0.25, -0.2) is 0 Å². The molecular formula is C13H12N2O2. The van der Waals surface area contributed by atoms with Crippen molar-refractivity contribution in [3.05, 3.63) is 54.4 Å². The Hall–Kier alpha value is -2.36. The van der Waals surface area contributed by atoms with Crippen LogP contribution in [0.5, 0.6) is 5.75 Å². The summed E-state index contributed by atoms with van der Waals surface area (Å²) in [5.41, 5.74) is 1.31. The molecule has 1 amide bonds. The molecule has 0 atom stereocenters. The molecule has 0 unspecified atom stereocenters. The zero-order chi connectivity index (χ0) is 12.1. The first-order chi connectivity index (χ1) is 8.25. The van der Waals surface area contributed by atoms with Crippen LogP contribution >= 0.6 is 0 Å². The Bertz CT molecular complexity index is 512. The molecule has 1 aromatic heterocycles. The number of hydrogen-bond acceptors (Lipinski definition) is 3. The van der Waals surface area contributed by atoms with E-state index in [1.54, 1.807) is 48.8 Å². The van der Waals surface area contributed by atoms with Crippen molar-refractivity contribution in [1.29, 1.82) is 0 Å². The van der Waals surface area contributed by atoms with Gasteiger partial charge < -0.3 is 10.4 Å². The SMILES string of the molecule is O=C(Cc1ccccc1O)Nc1ccncc1. The number of hydrogen-bond donors (Lipinski definition) is 2. The highest BCUT2D eigenvalue weighted by Crippen LogP contribution is 2.16. The highest BCUT2D eigenvalue weighted by Gasteiger charge is 2.06. The van der Waals surface area contributed by atoms with Crippen LogP contribution in [-0.4, -0.2) is 16.0 Å². The number of nitrogens with zero attached hydrogens (tertiary/aromatic N) is 1. The molecule has 0 spiro atoms. The van der Waals surface area contributed by atoms with Gasteiger partial charge in [-0.3, -0.25) is 9.78 Å². The second-order valence-electron chi connectivity index (χ2n) is 3.59. The number of rotatable bonds is 3. The van der Waals surface area contributed by atoms with Gasteiger partial charge in [-0.05, 0) is 18.2 Å². The minimum Gasteiger partial charge on any atom is -0.508 e. The topological polar surface area (TPSA) is 62.2 Å². The summed E-state index contributed by atoms with van der Waals surface area (Å²) in [6.07, 6.45) is 3.36. The standard InChI is InChI=1S/C13H12N2O2/c16-12-4-2-1-3-10(12)9-13(17)15-11-5-7-14-8-6-11/h1-8,16H,9H2,(H,14,15,17). The molecule has 0 aliphatic rings. The van der Waals surface area contributed by atoms with Gasteiger partial charge in [0.1, 0.15) is 5.75 Å². The van der Waals surface area contributed by atoms with E-state index in [2.05, 4.69) is 10.3 Å². The molecule has 2 N–H and O–H groups in total. The Morgan fingerprint density at radius 3 is 2.59 bits per heavy atom. The van der Waals surface area contributed by atoms with E-state index in [0.717, 1.165) is 0 Å². The van der Waals surface area contributed by atoms with E-state index in [0.29, 0.717) is 11.3 Å². The summed E-state index contributed by atoms with van der Waals surface area (Å²) >= 11 is 0. The smallest absolute Gasteiger partial charge is 0.228 e. The Morgan fingerprint density at radius 1 is 1.18 bits per heavy atom. The molecule has 2 aromatic rings. The molecule has 0 aliphatic heterocycles. The largest absolute Gasteiger partial charge is 0.508 e. The van der Waals surface area contributed by atoms with Crippen molar-refractivity contribution in [2.24, 2.45) is 0 Å². The van der Waals surface area contributed by atoms with Crippen molar-refractivity contribution in [3.63, 3.8) is 0 Å². The molecule has 86 valence electrons. The second kappa shape index (κ2) is 5.12. The van der Waals surface area contributed by atoms with Crippen LogP contribution in [0.15, 0.2) is 48.8 Å². The molecule has 4 heteroatoms. The van der Waals surface area contributed by atoms with Crippen LogP contribution in [0.4, 0.5) is 5.69 Å². The fraction of sp³-hybridized carbons (Fsp3) is 0.0769. The Labute approximate surface area is 98.9 Å². The van der Waals surface area contributed by atoms with Gasteiger partial charge in [0.2, 0.25) is 5.91 Å². The van der Waals surface area contributed by atoms with Crippen LogP contribution in [0.3, 0.4) is 0 Å². The normalized spacial score (nSPS) is 9.88.